The molecule has 2 aromatic carbocycles. The van der Waals surface area contributed by atoms with Gasteiger partial charge in [-0.05, 0) is 33.1 Å². The first-order valence-corrected chi connectivity index (χ1v) is 9.74. The summed E-state index contributed by atoms with van der Waals surface area (Å²) in [6.45, 7) is -1.15. The number of hydrogen-bond donors (Lipinski definition) is 2. The lowest BCUT2D eigenvalue weighted by atomic mass is 10.1. The standard InChI is InChI=1S/C21H21BrN2O5/c22-19-12-17(29-24-19)11-18(20(25)27-13-15-7-3-1-4-8-15)23-21(26)28-14-16-9-5-2-6-10-16/h1-10,12,17-18,24H,11,13-14H2,(H,23,26)/t17?,18-/m0/s1/i14D/t14?,17?,18-. The summed E-state index contributed by atoms with van der Waals surface area (Å²) in [5, 5.41) is 2.49. The first kappa shape index (κ1) is 19.5. The Bertz CT molecular complexity index is 881. The minimum Gasteiger partial charge on any atom is -0.459 e. The van der Waals surface area contributed by atoms with E-state index in [1.165, 1.54) is 0 Å². The SMILES string of the molecule is [2H]C(OC(=O)N[C@@H](CC1C=C(Br)NO1)C(=O)OCc1ccccc1)c1ccccc1. The zero-order valence-corrected chi connectivity index (χ0v) is 17.0. The third-order valence-electron chi connectivity index (χ3n) is 4.01. The van der Waals surface area contributed by atoms with Gasteiger partial charge in [-0.1, -0.05) is 60.7 Å². The second kappa shape index (κ2) is 10.6. The number of carbonyl (C=O) groups is 2. The van der Waals surface area contributed by atoms with Gasteiger partial charge in [0.2, 0.25) is 0 Å². The van der Waals surface area contributed by atoms with Crippen LogP contribution in [0.4, 0.5) is 4.79 Å². The molecule has 0 spiro atoms. The Morgan fingerprint density at radius 1 is 1.10 bits per heavy atom. The van der Waals surface area contributed by atoms with Gasteiger partial charge in [-0.15, -0.1) is 0 Å². The fourth-order valence-corrected chi connectivity index (χ4v) is 2.97. The summed E-state index contributed by atoms with van der Waals surface area (Å²) in [6.07, 6.45) is 0.491. The minimum absolute atomic E-state index is 0.0707. The Labute approximate surface area is 178 Å². The van der Waals surface area contributed by atoms with Crippen molar-refractivity contribution in [1.29, 1.82) is 0 Å². The van der Waals surface area contributed by atoms with Crippen LogP contribution in [0.25, 0.3) is 0 Å². The quantitative estimate of drug-likeness (QED) is 0.461. The number of alkyl carbamates (subject to hydrolysis) is 1. The van der Waals surface area contributed by atoms with Gasteiger partial charge in [0, 0.05) is 6.42 Å². The molecule has 1 heterocycles. The van der Waals surface area contributed by atoms with Crippen molar-refractivity contribution < 1.29 is 25.3 Å². The summed E-state index contributed by atoms with van der Waals surface area (Å²) in [5.41, 5.74) is 3.97. The van der Waals surface area contributed by atoms with E-state index in [1.807, 2.05) is 30.3 Å². The fraction of sp³-hybridized carbons (Fsp3) is 0.238. The summed E-state index contributed by atoms with van der Waals surface area (Å²) < 4.78 is 19.1. The molecule has 2 aromatic rings. The molecule has 2 unspecified atom stereocenters. The van der Waals surface area contributed by atoms with Gasteiger partial charge >= 0.3 is 12.1 Å². The Morgan fingerprint density at radius 2 is 1.76 bits per heavy atom. The van der Waals surface area contributed by atoms with Crippen molar-refractivity contribution in [3.05, 3.63) is 82.5 Å². The molecule has 8 heteroatoms. The number of carbonyl (C=O) groups excluding carboxylic acids is 2. The van der Waals surface area contributed by atoms with E-state index in [1.54, 1.807) is 36.4 Å². The van der Waals surface area contributed by atoms with E-state index in [-0.39, 0.29) is 13.0 Å². The molecule has 29 heavy (non-hydrogen) atoms. The largest absolute Gasteiger partial charge is 0.459 e. The predicted molar refractivity (Wildman–Crippen MR) is 109 cm³/mol. The van der Waals surface area contributed by atoms with Crippen molar-refractivity contribution in [1.82, 2.24) is 10.8 Å². The number of ether oxygens (including phenoxy) is 2. The van der Waals surface area contributed by atoms with Crippen molar-refractivity contribution in [2.24, 2.45) is 0 Å². The van der Waals surface area contributed by atoms with Crippen molar-refractivity contribution in [3.8, 4) is 0 Å². The molecule has 0 fully saturated rings. The van der Waals surface area contributed by atoms with Gasteiger partial charge < -0.3 is 14.8 Å². The van der Waals surface area contributed by atoms with Gasteiger partial charge in [0.25, 0.3) is 0 Å². The highest BCUT2D eigenvalue weighted by Crippen LogP contribution is 2.17. The third-order valence-corrected chi connectivity index (χ3v) is 4.44. The number of esters is 1. The molecule has 152 valence electrons. The molecule has 0 saturated carbocycles. The predicted octanol–water partition coefficient (Wildman–Crippen LogP) is 3.55. The van der Waals surface area contributed by atoms with Crippen LogP contribution in [0.1, 0.15) is 18.9 Å². The molecule has 0 aliphatic carbocycles. The molecule has 3 atom stereocenters. The molecular formula is C21H21BrN2O5. The van der Waals surface area contributed by atoms with Gasteiger partial charge in [0.05, 0.1) is 1.37 Å². The maximum atomic E-state index is 12.6. The summed E-state index contributed by atoms with van der Waals surface area (Å²) in [5.74, 6) is -0.628. The van der Waals surface area contributed by atoms with Crippen molar-refractivity contribution in [2.45, 2.75) is 31.8 Å². The highest BCUT2D eigenvalue weighted by molar-refractivity contribution is 9.11. The lowest BCUT2D eigenvalue weighted by molar-refractivity contribution is -0.148. The van der Waals surface area contributed by atoms with Gasteiger partial charge in [-0.3, -0.25) is 10.3 Å². The van der Waals surface area contributed by atoms with Gasteiger partial charge in [-0.25, -0.2) is 9.59 Å². The maximum Gasteiger partial charge on any atom is 0.408 e. The molecule has 3 rings (SSSR count). The second-order valence-electron chi connectivity index (χ2n) is 6.23. The molecule has 1 aliphatic rings. The van der Waals surface area contributed by atoms with Gasteiger partial charge in [-0.2, -0.15) is 0 Å². The number of amides is 1. The normalized spacial score (nSPS) is 17.9. The van der Waals surface area contributed by atoms with E-state index in [4.69, 9.17) is 15.7 Å². The van der Waals surface area contributed by atoms with Crippen LogP contribution >= 0.6 is 15.9 Å². The number of rotatable bonds is 8. The van der Waals surface area contributed by atoms with Crippen molar-refractivity contribution in [3.63, 3.8) is 0 Å². The van der Waals surface area contributed by atoms with Gasteiger partial charge in [0.15, 0.2) is 0 Å². The number of hydrogen-bond acceptors (Lipinski definition) is 6. The Morgan fingerprint density at radius 3 is 2.38 bits per heavy atom. The summed E-state index contributed by atoms with van der Waals surface area (Å²) in [4.78, 5) is 30.3. The number of hydroxylamine groups is 1. The molecule has 7 nitrogen and oxygen atoms in total. The van der Waals surface area contributed by atoms with Crippen molar-refractivity contribution >= 4 is 28.0 Å². The van der Waals surface area contributed by atoms with E-state index in [9.17, 15) is 9.59 Å². The first-order chi connectivity index (χ1) is 14.5. The number of nitrogens with one attached hydrogen (secondary N) is 2. The minimum atomic E-state index is -1.22. The van der Waals surface area contributed by atoms with Crippen LogP contribution in [0.15, 0.2) is 71.3 Å². The zero-order chi connectivity index (χ0) is 21.3. The lowest BCUT2D eigenvalue weighted by Gasteiger charge is -2.19. The fourth-order valence-electron chi connectivity index (χ4n) is 2.58. The lowest BCUT2D eigenvalue weighted by Crippen LogP contribution is -2.44. The topological polar surface area (TPSA) is 85.9 Å². The van der Waals surface area contributed by atoms with Crippen molar-refractivity contribution in [2.75, 3.05) is 0 Å². The molecular weight excluding hydrogens is 440 g/mol. The summed E-state index contributed by atoms with van der Waals surface area (Å²) in [7, 11) is 0. The van der Waals surface area contributed by atoms with Crippen LogP contribution in [0.5, 0.6) is 0 Å². The Balaban J connectivity index is 1.61. The van der Waals surface area contributed by atoms with Gasteiger partial charge in [0.1, 0.15) is 29.9 Å². The molecule has 0 radical (unpaired) electrons. The van der Waals surface area contributed by atoms with E-state index < -0.39 is 30.8 Å². The highest BCUT2D eigenvalue weighted by atomic mass is 79.9. The highest BCUT2D eigenvalue weighted by Gasteiger charge is 2.28. The molecule has 0 saturated heterocycles. The molecule has 0 aromatic heterocycles. The summed E-state index contributed by atoms with van der Waals surface area (Å²) in [6, 6.07) is 16.8. The second-order valence-corrected chi connectivity index (χ2v) is 7.09. The first-order valence-electron chi connectivity index (χ1n) is 9.53. The number of halogens is 1. The molecule has 1 amide bonds. The third kappa shape index (κ3) is 6.92. The maximum absolute atomic E-state index is 12.6. The average Bonchev–Trinajstić information content (AvgIpc) is 3.17. The smallest absolute Gasteiger partial charge is 0.408 e. The van der Waals surface area contributed by atoms with Crippen LogP contribution < -0.4 is 10.8 Å². The van der Waals surface area contributed by atoms with Crippen LogP contribution in [-0.4, -0.2) is 24.2 Å². The molecule has 1 aliphatic heterocycles. The number of benzene rings is 2. The van der Waals surface area contributed by atoms with Crippen LogP contribution in [0.2, 0.25) is 0 Å². The zero-order valence-electron chi connectivity index (χ0n) is 16.4. The summed E-state index contributed by atoms with van der Waals surface area (Å²) >= 11 is 3.25. The van der Waals surface area contributed by atoms with Crippen LogP contribution in [-0.2, 0) is 32.3 Å². The average molecular weight is 462 g/mol. The Kier molecular flexibility index (Phi) is 7.14. The monoisotopic (exact) mass is 461 g/mol. The molecule has 0 bridgehead atoms. The van der Waals surface area contributed by atoms with Crippen LogP contribution in [0.3, 0.4) is 0 Å². The van der Waals surface area contributed by atoms with E-state index in [0.717, 1.165) is 5.56 Å². The molecule has 2 N–H and O–H groups in total. The Hall–Kier alpha value is -2.84. The van der Waals surface area contributed by atoms with E-state index in [0.29, 0.717) is 10.2 Å². The van der Waals surface area contributed by atoms with E-state index >= 15 is 0 Å². The van der Waals surface area contributed by atoms with E-state index in [2.05, 4.69) is 26.7 Å². The van der Waals surface area contributed by atoms with Crippen LogP contribution in [0, 0.1) is 0 Å².